The summed E-state index contributed by atoms with van der Waals surface area (Å²) in [5.74, 6) is 0. The molecule has 1 saturated heterocycles. The molecule has 0 bridgehead atoms. The Morgan fingerprint density at radius 3 is 2.52 bits per heavy atom. The van der Waals surface area contributed by atoms with Crippen molar-refractivity contribution in [2.45, 2.75) is 72.0 Å². The molecule has 2 rings (SSSR count). The highest BCUT2D eigenvalue weighted by Crippen LogP contribution is 2.24. The van der Waals surface area contributed by atoms with Crippen LogP contribution >= 0.6 is 0 Å². The Morgan fingerprint density at radius 1 is 1.19 bits per heavy atom. The lowest BCUT2D eigenvalue weighted by molar-refractivity contribution is 0.152. The summed E-state index contributed by atoms with van der Waals surface area (Å²) in [6, 6.07) is 7.57. The van der Waals surface area contributed by atoms with Gasteiger partial charge in [-0.2, -0.15) is 0 Å². The van der Waals surface area contributed by atoms with Gasteiger partial charge in [0.15, 0.2) is 0 Å². The second-order valence-electron chi connectivity index (χ2n) is 6.88. The largest absolute Gasteiger partial charge is 0.310 e. The molecule has 1 aliphatic rings. The standard InChI is InChI=1S/C19H32N2/c1-6-19(7-2)14-21(17(5)10-11-20-19)13-18-9-8-15(3)16(4)12-18/h8-9,12,17,20H,6-7,10-11,13-14H2,1-5H3. The number of rotatable bonds is 4. The number of nitrogens with one attached hydrogen (secondary N) is 1. The first-order valence-electron chi connectivity index (χ1n) is 8.55. The topological polar surface area (TPSA) is 15.3 Å². The zero-order valence-corrected chi connectivity index (χ0v) is 14.5. The van der Waals surface area contributed by atoms with Gasteiger partial charge in [0.1, 0.15) is 0 Å². The van der Waals surface area contributed by atoms with Crippen LogP contribution in [-0.4, -0.2) is 29.6 Å². The molecule has 0 spiro atoms. The Hall–Kier alpha value is -0.860. The Kier molecular flexibility index (Phi) is 5.45. The number of hydrogen-bond donors (Lipinski definition) is 1. The van der Waals surface area contributed by atoms with Crippen LogP contribution in [0.25, 0.3) is 0 Å². The van der Waals surface area contributed by atoms with Crippen LogP contribution in [0.1, 0.15) is 56.7 Å². The van der Waals surface area contributed by atoms with Crippen LogP contribution in [0, 0.1) is 13.8 Å². The fourth-order valence-corrected chi connectivity index (χ4v) is 3.40. The molecule has 1 N–H and O–H groups in total. The zero-order chi connectivity index (χ0) is 15.5. The molecule has 0 aromatic heterocycles. The Labute approximate surface area is 130 Å². The second-order valence-corrected chi connectivity index (χ2v) is 6.88. The lowest BCUT2D eigenvalue weighted by Crippen LogP contribution is -2.51. The summed E-state index contributed by atoms with van der Waals surface area (Å²) in [5, 5.41) is 3.82. The minimum Gasteiger partial charge on any atom is -0.310 e. The van der Waals surface area contributed by atoms with Gasteiger partial charge in [-0.15, -0.1) is 0 Å². The summed E-state index contributed by atoms with van der Waals surface area (Å²) in [6.07, 6.45) is 3.66. The maximum atomic E-state index is 3.82. The Balaban J connectivity index is 2.16. The van der Waals surface area contributed by atoms with Gasteiger partial charge in [0.25, 0.3) is 0 Å². The van der Waals surface area contributed by atoms with Crippen molar-refractivity contribution in [3.63, 3.8) is 0 Å². The molecule has 1 aromatic carbocycles. The Bertz CT molecular complexity index is 463. The van der Waals surface area contributed by atoms with Crippen LogP contribution < -0.4 is 5.32 Å². The van der Waals surface area contributed by atoms with Gasteiger partial charge in [-0.3, -0.25) is 4.90 Å². The molecule has 0 aliphatic carbocycles. The second kappa shape index (κ2) is 6.93. The van der Waals surface area contributed by atoms with Crippen molar-refractivity contribution in [1.82, 2.24) is 10.2 Å². The fourth-order valence-electron chi connectivity index (χ4n) is 3.40. The van der Waals surface area contributed by atoms with E-state index in [0.717, 1.165) is 19.6 Å². The van der Waals surface area contributed by atoms with Gasteiger partial charge in [0.05, 0.1) is 0 Å². The van der Waals surface area contributed by atoms with E-state index in [1.807, 2.05) is 0 Å². The van der Waals surface area contributed by atoms with Crippen molar-refractivity contribution in [2.24, 2.45) is 0 Å². The van der Waals surface area contributed by atoms with Crippen molar-refractivity contribution >= 4 is 0 Å². The van der Waals surface area contributed by atoms with Gasteiger partial charge in [-0.1, -0.05) is 32.0 Å². The van der Waals surface area contributed by atoms with Crippen molar-refractivity contribution in [3.05, 3.63) is 34.9 Å². The molecule has 21 heavy (non-hydrogen) atoms. The predicted molar refractivity (Wildman–Crippen MR) is 91.7 cm³/mol. The fraction of sp³-hybridized carbons (Fsp3) is 0.684. The molecule has 2 nitrogen and oxygen atoms in total. The molecule has 1 aromatic rings. The first kappa shape index (κ1) is 16.5. The summed E-state index contributed by atoms with van der Waals surface area (Å²) < 4.78 is 0. The average molecular weight is 288 g/mol. The lowest BCUT2D eigenvalue weighted by Gasteiger charge is -2.37. The van der Waals surface area contributed by atoms with Crippen LogP contribution in [-0.2, 0) is 6.54 Å². The highest BCUT2D eigenvalue weighted by atomic mass is 15.2. The van der Waals surface area contributed by atoms with E-state index in [-0.39, 0.29) is 0 Å². The smallest absolute Gasteiger partial charge is 0.0303 e. The first-order chi connectivity index (χ1) is 9.99. The van der Waals surface area contributed by atoms with Gasteiger partial charge < -0.3 is 5.32 Å². The monoisotopic (exact) mass is 288 g/mol. The van der Waals surface area contributed by atoms with Gasteiger partial charge in [0, 0.05) is 24.7 Å². The molecule has 1 atom stereocenters. The van der Waals surface area contributed by atoms with Gasteiger partial charge >= 0.3 is 0 Å². The third-order valence-corrected chi connectivity index (χ3v) is 5.50. The van der Waals surface area contributed by atoms with E-state index in [0.29, 0.717) is 11.6 Å². The van der Waals surface area contributed by atoms with Crippen molar-refractivity contribution in [1.29, 1.82) is 0 Å². The molecular weight excluding hydrogens is 256 g/mol. The predicted octanol–water partition coefficient (Wildman–Crippen LogP) is 4.05. The maximum absolute atomic E-state index is 3.82. The third-order valence-electron chi connectivity index (χ3n) is 5.50. The number of hydrogen-bond acceptors (Lipinski definition) is 2. The number of benzene rings is 1. The average Bonchev–Trinajstić information content (AvgIpc) is 2.63. The highest BCUT2D eigenvalue weighted by molar-refractivity contribution is 5.30. The van der Waals surface area contributed by atoms with Crippen LogP contribution in [0.5, 0.6) is 0 Å². The summed E-state index contributed by atoms with van der Waals surface area (Å²) in [7, 11) is 0. The molecule has 118 valence electrons. The SMILES string of the molecule is CCC1(CC)CN(Cc2ccc(C)c(C)c2)C(C)CCN1. The molecule has 1 aliphatic heterocycles. The van der Waals surface area contributed by atoms with Crippen molar-refractivity contribution < 1.29 is 0 Å². The van der Waals surface area contributed by atoms with Crippen LogP contribution in [0.3, 0.4) is 0 Å². The summed E-state index contributed by atoms with van der Waals surface area (Å²) in [5.41, 5.74) is 4.55. The number of nitrogens with zero attached hydrogens (tertiary/aromatic N) is 1. The minimum atomic E-state index is 0.296. The van der Waals surface area contributed by atoms with E-state index >= 15 is 0 Å². The molecule has 0 amide bonds. The van der Waals surface area contributed by atoms with E-state index in [1.165, 1.54) is 36.0 Å². The van der Waals surface area contributed by atoms with Crippen molar-refractivity contribution in [2.75, 3.05) is 13.1 Å². The van der Waals surface area contributed by atoms with Crippen LogP contribution in [0.4, 0.5) is 0 Å². The first-order valence-corrected chi connectivity index (χ1v) is 8.55. The quantitative estimate of drug-likeness (QED) is 0.899. The maximum Gasteiger partial charge on any atom is 0.0303 e. The summed E-state index contributed by atoms with van der Waals surface area (Å²) in [4.78, 5) is 2.68. The van der Waals surface area contributed by atoms with Gasteiger partial charge in [-0.25, -0.2) is 0 Å². The summed E-state index contributed by atoms with van der Waals surface area (Å²) in [6.45, 7) is 14.8. The normalized spacial score (nSPS) is 23.0. The molecule has 2 heteroatoms. The van der Waals surface area contributed by atoms with E-state index in [9.17, 15) is 0 Å². The molecule has 0 saturated carbocycles. The van der Waals surface area contributed by atoms with E-state index in [1.54, 1.807) is 0 Å². The van der Waals surface area contributed by atoms with Crippen LogP contribution in [0.2, 0.25) is 0 Å². The zero-order valence-electron chi connectivity index (χ0n) is 14.5. The third kappa shape index (κ3) is 3.87. The molecule has 0 radical (unpaired) electrons. The van der Waals surface area contributed by atoms with Crippen LogP contribution in [0.15, 0.2) is 18.2 Å². The molecule has 1 heterocycles. The van der Waals surface area contributed by atoms with Crippen molar-refractivity contribution in [3.8, 4) is 0 Å². The van der Waals surface area contributed by atoms with E-state index in [4.69, 9.17) is 0 Å². The van der Waals surface area contributed by atoms with E-state index in [2.05, 4.69) is 63.0 Å². The minimum absolute atomic E-state index is 0.296. The van der Waals surface area contributed by atoms with E-state index < -0.39 is 0 Å². The summed E-state index contributed by atoms with van der Waals surface area (Å²) >= 11 is 0. The number of aryl methyl sites for hydroxylation is 2. The van der Waals surface area contributed by atoms with Gasteiger partial charge in [0.2, 0.25) is 0 Å². The highest BCUT2D eigenvalue weighted by Gasteiger charge is 2.32. The molecule has 1 unspecified atom stereocenters. The molecular formula is C19H32N2. The molecule has 1 fully saturated rings. The Morgan fingerprint density at radius 2 is 1.90 bits per heavy atom. The lowest BCUT2D eigenvalue weighted by atomic mass is 9.92. The van der Waals surface area contributed by atoms with Gasteiger partial charge in [-0.05, 0) is 63.3 Å².